The minimum atomic E-state index is -0.572. The third-order valence-electron chi connectivity index (χ3n) is 9.10. The number of hydrogen-bond acceptors (Lipinski definition) is 5. The Labute approximate surface area is 220 Å². The summed E-state index contributed by atoms with van der Waals surface area (Å²) in [6.45, 7) is 1.63. The molecule has 0 radical (unpaired) electrons. The number of nitrogens with one attached hydrogen (secondary N) is 2. The number of H-pyrrole nitrogens is 1. The molecule has 1 aliphatic carbocycles. The lowest BCUT2D eigenvalue weighted by Crippen LogP contribution is -2.35. The van der Waals surface area contributed by atoms with Crippen LogP contribution in [-0.2, 0) is 34.4 Å². The van der Waals surface area contributed by atoms with Crippen molar-refractivity contribution in [3.05, 3.63) is 76.7 Å². The first kappa shape index (κ1) is 21.8. The highest BCUT2D eigenvalue weighted by Gasteiger charge is 2.51. The Bertz CT molecular complexity index is 1630. The van der Waals surface area contributed by atoms with E-state index in [0.717, 1.165) is 47.5 Å². The molecule has 38 heavy (non-hydrogen) atoms. The van der Waals surface area contributed by atoms with Crippen LogP contribution in [0.2, 0.25) is 0 Å². The average molecular weight is 505 g/mol. The molecule has 8 rings (SSSR count). The zero-order valence-electron chi connectivity index (χ0n) is 21.3. The van der Waals surface area contributed by atoms with Crippen molar-refractivity contribution in [2.24, 2.45) is 0 Å². The molecule has 2 unspecified atom stereocenters. The number of rotatable bonds is 2. The maximum Gasteiger partial charge on any atom is 0.237 e. The van der Waals surface area contributed by atoms with Gasteiger partial charge >= 0.3 is 0 Å². The Hall–Kier alpha value is -4.20. The second-order valence-electron chi connectivity index (χ2n) is 11.2. The van der Waals surface area contributed by atoms with E-state index in [0.29, 0.717) is 37.5 Å². The van der Waals surface area contributed by atoms with Gasteiger partial charge in [-0.15, -0.1) is 0 Å². The van der Waals surface area contributed by atoms with E-state index in [1.54, 1.807) is 6.20 Å². The van der Waals surface area contributed by atoms with Crippen molar-refractivity contribution in [3.63, 3.8) is 0 Å². The van der Waals surface area contributed by atoms with Crippen LogP contribution in [0.3, 0.4) is 0 Å². The van der Waals surface area contributed by atoms with Gasteiger partial charge in [0.1, 0.15) is 11.6 Å². The molecule has 8 nitrogen and oxygen atoms in total. The zero-order valence-corrected chi connectivity index (χ0v) is 21.3. The van der Waals surface area contributed by atoms with Crippen LogP contribution < -0.4 is 15.1 Å². The lowest BCUT2D eigenvalue weighted by molar-refractivity contribution is -0.120. The normalized spacial score (nSPS) is 20.9. The number of aromatic amines is 1. The van der Waals surface area contributed by atoms with Gasteiger partial charge in [0, 0.05) is 54.6 Å². The van der Waals surface area contributed by atoms with Gasteiger partial charge in [0.25, 0.3) is 0 Å². The van der Waals surface area contributed by atoms with Crippen molar-refractivity contribution in [1.29, 1.82) is 0 Å². The van der Waals surface area contributed by atoms with Crippen molar-refractivity contribution >= 4 is 40.0 Å². The topological polar surface area (TPSA) is 94.2 Å². The molecule has 0 saturated carbocycles. The Morgan fingerprint density at radius 3 is 2.82 bits per heavy atom. The molecule has 4 aliphatic rings. The quantitative estimate of drug-likeness (QED) is 0.427. The summed E-state index contributed by atoms with van der Waals surface area (Å²) in [5.41, 5.74) is 8.30. The number of hydrogen-bond donors (Lipinski definition) is 2. The van der Waals surface area contributed by atoms with Gasteiger partial charge in [-0.1, -0.05) is 12.1 Å². The number of fused-ring (bicyclic) bond motifs is 4. The zero-order chi connectivity index (χ0) is 25.6. The predicted octanol–water partition coefficient (Wildman–Crippen LogP) is 4.20. The maximum atomic E-state index is 13.1. The van der Waals surface area contributed by atoms with Gasteiger partial charge in [-0.05, 0) is 67.1 Å². The molecule has 2 amide bonds. The van der Waals surface area contributed by atoms with Gasteiger partial charge < -0.3 is 20.1 Å². The van der Waals surface area contributed by atoms with E-state index >= 15 is 0 Å². The summed E-state index contributed by atoms with van der Waals surface area (Å²) in [5.74, 6) is 2.28. The molecule has 3 aliphatic heterocycles. The number of aromatic nitrogens is 3. The number of carbonyl (C=O) groups is 2. The highest BCUT2D eigenvalue weighted by Crippen LogP contribution is 2.48. The first-order valence-electron chi connectivity index (χ1n) is 13.4. The molecule has 2 aromatic heterocycles. The summed E-state index contributed by atoms with van der Waals surface area (Å²) in [6, 6.07) is 14.6. The molecule has 5 heterocycles. The third kappa shape index (κ3) is 2.97. The van der Waals surface area contributed by atoms with Crippen LogP contribution >= 0.6 is 0 Å². The van der Waals surface area contributed by atoms with Crippen LogP contribution in [0.5, 0.6) is 0 Å². The van der Waals surface area contributed by atoms with Gasteiger partial charge in [0.05, 0.1) is 23.0 Å². The molecule has 0 fully saturated rings. The maximum absolute atomic E-state index is 13.1. The molecule has 1 spiro atoms. The number of pyridine rings is 1. The van der Waals surface area contributed by atoms with Gasteiger partial charge in [-0.2, -0.15) is 0 Å². The van der Waals surface area contributed by atoms with Crippen molar-refractivity contribution < 1.29 is 9.59 Å². The largest absolute Gasteiger partial charge is 0.363 e. The Morgan fingerprint density at radius 1 is 1.08 bits per heavy atom. The standard InChI is InChI=1S/C30H28N6O2/c1-35-23-7-3-8-24-27(23)17(5-2-9-26(35)37)15-36(24)16-25-32-21-11-18-13-30(14-19(18)12-22(21)33-25)20-6-4-10-31-28(20)34-29(30)38/h3-4,6-8,10-12,17H,2,5,9,13-16H2,1H3,(H,32,33)(H,31,34,38). The Balaban J connectivity index is 1.10. The summed E-state index contributed by atoms with van der Waals surface area (Å²) < 4.78 is 0. The van der Waals surface area contributed by atoms with Crippen LogP contribution in [0.4, 0.5) is 17.2 Å². The molecule has 8 heteroatoms. The smallest absolute Gasteiger partial charge is 0.237 e. The van der Waals surface area contributed by atoms with Gasteiger partial charge in [-0.25, -0.2) is 9.97 Å². The lowest BCUT2D eigenvalue weighted by atomic mass is 9.79. The van der Waals surface area contributed by atoms with Crippen LogP contribution in [0, 0.1) is 0 Å². The van der Waals surface area contributed by atoms with E-state index in [1.807, 2.05) is 24.1 Å². The summed E-state index contributed by atoms with van der Waals surface area (Å²) in [7, 11) is 1.90. The van der Waals surface area contributed by atoms with E-state index in [1.165, 1.54) is 22.4 Å². The minimum Gasteiger partial charge on any atom is -0.363 e. The van der Waals surface area contributed by atoms with Crippen molar-refractivity contribution in [2.45, 2.75) is 50.0 Å². The second-order valence-corrected chi connectivity index (χ2v) is 11.2. The fourth-order valence-electron chi connectivity index (χ4n) is 7.26. The van der Waals surface area contributed by atoms with E-state index in [2.05, 4.69) is 50.5 Å². The Morgan fingerprint density at radius 2 is 1.92 bits per heavy atom. The molecular weight excluding hydrogens is 476 g/mol. The monoisotopic (exact) mass is 504 g/mol. The summed E-state index contributed by atoms with van der Waals surface area (Å²) in [5, 5.41) is 2.99. The highest BCUT2D eigenvalue weighted by atomic mass is 16.2. The third-order valence-corrected chi connectivity index (χ3v) is 9.10. The van der Waals surface area contributed by atoms with Crippen molar-refractivity contribution in [2.75, 3.05) is 28.7 Å². The molecular formula is C30H28N6O2. The van der Waals surface area contributed by atoms with Gasteiger partial charge in [-0.3, -0.25) is 9.59 Å². The first-order chi connectivity index (χ1) is 18.5. The number of carbonyl (C=O) groups excluding carboxylic acids is 2. The number of nitrogens with zero attached hydrogens (tertiary/aromatic N) is 4. The minimum absolute atomic E-state index is 0.0395. The van der Waals surface area contributed by atoms with Crippen LogP contribution in [0.25, 0.3) is 11.0 Å². The van der Waals surface area contributed by atoms with Gasteiger partial charge in [0.15, 0.2) is 0 Å². The van der Waals surface area contributed by atoms with Crippen LogP contribution in [0.1, 0.15) is 53.3 Å². The molecule has 190 valence electrons. The fraction of sp³-hybridized carbons (Fsp3) is 0.333. The number of anilines is 3. The van der Waals surface area contributed by atoms with Crippen molar-refractivity contribution in [3.8, 4) is 0 Å². The SMILES string of the molecule is CN1C(=O)CCCC2CN(Cc3nc4cc5c(cc4[nH]3)CC3(C5)C(=O)Nc4ncccc43)c3cccc1c32. The lowest BCUT2D eigenvalue weighted by Gasteiger charge is -2.25. The summed E-state index contributed by atoms with van der Waals surface area (Å²) in [6.07, 6.45) is 5.62. The summed E-state index contributed by atoms with van der Waals surface area (Å²) >= 11 is 0. The van der Waals surface area contributed by atoms with E-state index < -0.39 is 5.41 Å². The molecule has 2 atom stereocenters. The molecule has 0 bridgehead atoms. The first-order valence-corrected chi connectivity index (χ1v) is 13.4. The van der Waals surface area contributed by atoms with E-state index in [9.17, 15) is 9.59 Å². The fourth-order valence-corrected chi connectivity index (χ4v) is 7.26. The summed E-state index contributed by atoms with van der Waals surface area (Å²) in [4.78, 5) is 42.8. The van der Waals surface area contributed by atoms with Gasteiger partial charge in [0.2, 0.25) is 11.8 Å². The molecule has 2 aromatic carbocycles. The predicted molar refractivity (Wildman–Crippen MR) is 146 cm³/mol. The van der Waals surface area contributed by atoms with Crippen LogP contribution in [-0.4, -0.2) is 40.4 Å². The highest BCUT2D eigenvalue weighted by molar-refractivity contribution is 6.06. The van der Waals surface area contributed by atoms with E-state index in [4.69, 9.17) is 4.98 Å². The van der Waals surface area contributed by atoms with Crippen molar-refractivity contribution in [1.82, 2.24) is 15.0 Å². The Kier molecular flexibility index (Phi) is 4.40. The molecule has 4 aromatic rings. The number of imidazole rings is 1. The molecule has 2 N–H and O–H groups in total. The average Bonchev–Trinajstić information content (AvgIpc) is 3.65. The number of benzene rings is 2. The molecule has 0 saturated heterocycles. The van der Waals surface area contributed by atoms with Crippen LogP contribution in [0.15, 0.2) is 48.7 Å². The van der Waals surface area contributed by atoms with E-state index in [-0.39, 0.29) is 11.8 Å². The second kappa shape index (κ2) is 7.66. The number of amides is 2.